The minimum Gasteiger partial charge on any atom is -0.252 e. The first-order valence-corrected chi connectivity index (χ1v) is 12.5. The van der Waals surface area contributed by atoms with Gasteiger partial charge in [0.15, 0.2) is 0 Å². The number of hydrogen-bond donors (Lipinski definition) is 0. The molecule has 0 fully saturated rings. The standard InChI is InChI=1S/C32H26N2S/c1-23(33-29-19-11-9-17-27(29)25-13-5-3-6-14-25)31-21-22-32(35-31)24(2)34-30-20-12-10-18-28(30)26-15-7-4-8-16-26/h3-22H,1-2H3. The van der Waals surface area contributed by atoms with Crippen LogP contribution in [0.15, 0.2) is 131 Å². The van der Waals surface area contributed by atoms with Gasteiger partial charge in [0.2, 0.25) is 0 Å². The van der Waals surface area contributed by atoms with Crippen LogP contribution in [0.3, 0.4) is 0 Å². The van der Waals surface area contributed by atoms with Crippen LogP contribution < -0.4 is 0 Å². The van der Waals surface area contributed by atoms with Crippen LogP contribution in [0.25, 0.3) is 22.3 Å². The second-order valence-corrected chi connectivity index (χ2v) is 9.41. The predicted octanol–water partition coefficient (Wildman–Crippen LogP) is 9.36. The van der Waals surface area contributed by atoms with Crippen molar-refractivity contribution in [3.05, 3.63) is 131 Å². The number of benzene rings is 4. The van der Waals surface area contributed by atoms with Gasteiger partial charge in [-0.2, -0.15) is 0 Å². The number of rotatable bonds is 6. The van der Waals surface area contributed by atoms with Crippen LogP contribution in [0, 0.1) is 0 Å². The Morgan fingerprint density at radius 1 is 0.457 bits per heavy atom. The number of nitrogens with zero attached hydrogens (tertiary/aromatic N) is 2. The van der Waals surface area contributed by atoms with Gasteiger partial charge in [-0.15, -0.1) is 11.3 Å². The van der Waals surface area contributed by atoms with E-state index in [1.54, 1.807) is 11.3 Å². The SMILES string of the molecule is CC(=Nc1ccccc1-c1ccccc1)c1ccc(C(C)=Nc2ccccc2-c2ccccc2)s1. The van der Waals surface area contributed by atoms with Crippen LogP contribution in [0.5, 0.6) is 0 Å². The second-order valence-electron chi connectivity index (χ2n) is 8.32. The molecule has 5 aromatic rings. The molecular formula is C32H26N2S. The van der Waals surface area contributed by atoms with Crippen molar-refractivity contribution in [2.75, 3.05) is 0 Å². The summed E-state index contributed by atoms with van der Waals surface area (Å²) < 4.78 is 0. The van der Waals surface area contributed by atoms with Crippen LogP contribution in [0.4, 0.5) is 11.4 Å². The van der Waals surface area contributed by atoms with Crippen molar-refractivity contribution >= 4 is 34.1 Å². The van der Waals surface area contributed by atoms with Crippen LogP contribution in [0.1, 0.15) is 23.6 Å². The zero-order valence-electron chi connectivity index (χ0n) is 19.8. The summed E-state index contributed by atoms with van der Waals surface area (Å²) >= 11 is 1.73. The fourth-order valence-corrected chi connectivity index (χ4v) is 4.96. The highest BCUT2D eigenvalue weighted by Gasteiger charge is 2.10. The van der Waals surface area contributed by atoms with E-state index in [1.807, 2.05) is 24.3 Å². The Balaban J connectivity index is 1.44. The maximum Gasteiger partial charge on any atom is 0.0711 e. The molecule has 0 saturated heterocycles. The van der Waals surface area contributed by atoms with Crippen molar-refractivity contribution < 1.29 is 0 Å². The van der Waals surface area contributed by atoms with Crippen LogP contribution >= 0.6 is 11.3 Å². The van der Waals surface area contributed by atoms with Gasteiger partial charge in [-0.3, -0.25) is 9.98 Å². The van der Waals surface area contributed by atoms with Crippen molar-refractivity contribution in [1.82, 2.24) is 0 Å². The van der Waals surface area contributed by atoms with E-state index in [0.717, 1.165) is 43.7 Å². The van der Waals surface area contributed by atoms with Crippen LogP contribution in [-0.2, 0) is 0 Å². The minimum atomic E-state index is 0.980. The quantitative estimate of drug-likeness (QED) is 0.221. The summed E-state index contributed by atoms with van der Waals surface area (Å²) in [6.07, 6.45) is 0. The fraction of sp³-hybridized carbons (Fsp3) is 0.0625. The van der Waals surface area contributed by atoms with Gasteiger partial charge in [-0.1, -0.05) is 97.1 Å². The third-order valence-electron chi connectivity index (χ3n) is 5.87. The fourth-order valence-electron chi connectivity index (χ4n) is 4.06. The molecule has 0 spiro atoms. The molecule has 0 atom stereocenters. The van der Waals surface area contributed by atoms with Gasteiger partial charge in [-0.05, 0) is 49.2 Å². The summed E-state index contributed by atoms with van der Waals surface area (Å²) in [5.74, 6) is 0. The van der Waals surface area contributed by atoms with Gasteiger partial charge < -0.3 is 0 Å². The molecule has 0 unspecified atom stereocenters. The monoisotopic (exact) mass is 470 g/mol. The van der Waals surface area contributed by atoms with Crippen LogP contribution in [0.2, 0.25) is 0 Å². The minimum absolute atomic E-state index is 0.980. The Kier molecular flexibility index (Phi) is 6.78. The molecule has 2 nitrogen and oxygen atoms in total. The van der Waals surface area contributed by atoms with Gasteiger partial charge in [0.25, 0.3) is 0 Å². The van der Waals surface area contributed by atoms with Crippen molar-refractivity contribution in [3.63, 3.8) is 0 Å². The average molecular weight is 471 g/mol. The summed E-state index contributed by atoms with van der Waals surface area (Å²) in [5.41, 5.74) is 8.59. The summed E-state index contributed by atoms with van der Waals surface area (Å²) in [6.45, 7) is 4.16. The molecular weight excluding hydrogens is 444 g/mol. The molecule has 0 bridgehead atoms. The van der Waals surface area contributed by atoms with E-state index in [9.17, 15) is 0 Å². The normalized spacial score (nSPS) is 12.1. The summed E-state index contributed by atoms with van der Waals surface area (Å²) in [7, 11) is 0. The molecule has 0 radical (unpaired) electrons. The first kappa shape index (κ1) is 22.7. The Hall–Kier alpha value is -4.08. The number of thiophene rings is 1. The highest BCUT2D eigenvalue weighted by molar-refractivity contribution is 7.16. The maximum absolute atomic E-state index is 5.00. The Morgan fingerprint density at radius 2 is 0.829 bits per heavy atom. The van der Waals surface area contributed by atoms with E-state index < -0.39 is 0 Å². The summed E-state index contributed by atoms with van der Waals surface area (Å²) in [4.78, 5) is 12.3. The third-order valence-corrected chi connectivity index (χ3v) is 7.18. The summed E-state index contributed by atoms with van der Waals surface area (Å²) in [5, 5.41) is 0. The Morgan fingerprint density at radius 3 is 1.26 bits per heavy atom. The molecule has 0 aliphatic rings. The lowest BCUT2D eigenvalue weighted by molar-refractivity contribution is 1.48. The first-order chi connectivity index (χ1) is 17.2. The van der Waals surface area contributed by atoms with E-state index >= 15 is 0 Å². The second kappa shape index (κ2) is 10.5. The van der Waals surface area contributed by atoms with Gasteiger partial charge in [0, 0.05) is 20.9 Å². The zero-order chi connectivity index (χ0) is 24.0. The summed E-state index contributed by atoms with van der Waals surface area (Å²) in [6, 6.07) is 41.7. The van der Waals surface area contributed by atoms with E-state index in [4.69, 9.17) is 9.98 Å². The molecule has 0 N–H and O–H groups in total. The van der Waals surface area contributed by atoms with Gasteiger partial charge >= 0.3 is 0 Å². The number of para-hydroxylation sites is 2. The molecule has 1 aromatic heterocycles. The Bertz CT molecular complexity index is 1380. The van der Waals surface area contributed by atoms with E-state index in [0.29, 0.717) is 0 Å². The molecule has 5 rings (SSSR count). The lowest BCUT2D eigenvalue weighted by Crippen LogP contribution is -1.91. The average Bonchev–Trinajstić information content (AvgIpc) is 3.41. The molecule has 1 heterocycles. The highest BCUT2D eigenvalue weighted by atomic mass is 32.1. The van der Waals surface area contributed by atoms with Gasteiger partial charge in [0.1, 0.15) is 0 Å². The van der Waals surface area contributed by atoms with E-state index in [-0.39, 0.29) is 0 Å². The smallest absolute Gasteiger partial charge is 0.0711 e. The molecule has 4 aromatic carbocycles. The molecule has 170 valence electrons. The topological polar surface area (TPSA) is 24.7 Å². The molecule has 3 heteroatoms. The maximum atomic E-state index is 5.00. The zero-order valence-corrected chi connectivity index (χ0v) is 20.7. The molecule has 0 aliphatic heterocycles. The third kappa shape index (κ3) is 5.21. The lowest BCUT2D eigenvalue weighted by Gasteiger charge is -2.07. The van der Waals surface area contributed by atoms with Crippen molar-refractivity contribution in [2.24, 2.45) is 9.98 Å². The van der Waals surface area contributed by atoms with Gasteiger partial charge in [-0.25, -0.2) is 0 Å². The van der Waals surface area contributed by atoms with Crippen molar-refractivity contribution in [1.29, 1.82) is 0 Å². The van der Waals surface area contributed by atoms with Crippen molar-refractivity contribution in [3.8, 4) is 22.3 Å². The first-order valence-electron chi connectivity index (χ1n) is 11.7. The van der Waals surface area contributed by atoms with E-state index in [2.05, 4.69) is 111 Å². The highest BCUT2D eigenvalue weighted by Crippen LogP contribution is 2.33. The molecule has 35 heavy (non-hydrogen) atoms. The number of aliphatic imine (C=N–C) groups is 2. The largest absolute Gasteiger partial charge is 0.252 e. The number of hydrogen-bond acceptors (Lipinski definition) is 3. The predicted molar refractivity (Wildman–Crippen MR) is 152 cm³/mol. The Labute approximate surface area is 211 Å². The molecule has 0 amide bonds. The lowest BCUT2D eigenvalue weighted by atomic mass is 10.0. The van der Waals surface area contributed by atoms with Gasteiger partial charge in [0.05, 0.1) is 22.8 Å². The molecule has 0 saturated carbocycles. The van der Waals surface area contributed by atoms with Crippen molar-refractivity contribution in [2.45, 2.75) is 13.8 Å². The van der Waals surface area contributed by atoms with Crippen LogP contribution in [-0.4, -0.2) is 11.4 Å². The molecule has 0 aliphatic carbocycles. The van der Waals surface area contributed by atoms with E-state index in [1.165, 1.54) is 11.1 Å².